The fourth-order valence-electron chi connectivity index (χ4n) is 1.36. The molecule has 0 aliphatic carbocycles. The summed E-state index contributed by atoms with van der Waals surface area (Å²) in [5.74, 6) is -0.141. The Bertz CT molecular complexity index is 583. The molecule has 0 fully saturated rings. The highest BCUT2D eigenvalue weighted by atomic mass is 16.3. The third-order valence-electron chi connectivity index (χ3n) is 2.12. The molecule has 1 aromatic heterocycles. The maximum atomic E-state index is 9.62. The summed E-state index contributed by atoms with van der Waals surface area (Å²) in [6.07, 6.45) is 0. The number of hydrogen-bond donors (Lipinski definition) is 4. The zero-order valence-electron chi connectivity index (χ0n) is 8.10. The number of nitrogens with zero attached hydrogens (tertiary/aromatic N) is 2. The van der Waals surface area contributed by atoms with Gasteiger partial charge in [-0.1, -0.05) is 0 Å². The van der Waals surface area contributed by atoms with Crippen molar-refractivity contribution in [1.29, 1.82) is 5.26 Å². The molecule has 0 saturated heterocycles. The van der Waals surface area contributed by atoms with Gasteiger partial charge in [0.1, 0.15) is 23.4 Å². The summed E-state index contributed by atoms with van der Waals surface area (Å²) >= 11 is 0. The molecule has 0 amide bonds. The number of anilines is 1. The molecular weight excluding hydrogens is 208 g/mol. The number of nitriles is 1. The quantitative estimate of drug-likeness (QED) is 0.565. The number of nitrogens with one attached hydrogen (secondary N) is 1. The second kappa shape index (κ2) is 3.47. The lowest BCUT2D eigenvalue weighted by Gasteiger charge is -2.03. The highest BCUT2D eigenvalue weighted by Gasteiger charge is 2.11. The molecule has 6 nitrogen and oxygen atoms in total. The van der Waals surface area contributed by atoms with Gasteiger partial charge in [0, 0.05) is 17.7 Å². The van der Waals surface area contributed by atoms with Crippen LogP contribution in [-0.2, 0) is 0 Å². The molecule has 0 saturated carbocycles. The Morgan fingerprint density at radius 3 is 2.56 bits per heavy atom. The molecule has 0 aliphatic rings. The summed E-state index contributed by atoms with van der Waals surface area (Å²) in [5.41, 5.74) is 6.34. The molecule has 2 aromatic rings. The molecule has 0 atom stereocenters. The van der Waals surface area contributed by atoms with Gasteiger partial charge in [0.05, 0.1) is 11.3 Å². The van der Waals surface area contributed by atoms with E-state index in [9.17, 15) is 10.2 Å². The molecule has 2 rings (SSSR count). The van der Waals surface area contributed by atoms with Crippen molar-refractivity contribution in [3.63, 3.8) is 0 Å². The molecule has 1 heterocycles. The summed E-state index contributed by atoms with van der Waals surface area (Å²) in [6, 6.07) is 5.79. The van der Waals surface area contributed by atoms with Crippen molar-refractivity contribution in [2.75, 3.05) is 5.73 Å². The third kappa shape index (κ3) is 1.50. The lowest BCUT2D eigenvalue weighted by atomic mass is 10.1. The van der Waals surface area contributed by atoms with Crippen LogP contribution in [0.25, 0.3) is 11.3 Å². The van der Waals surface area contributed by atoms with E-state index >= 15 is 0 Å². The normalized spacial score (nSPS) is 9.94. The van der Waals surface area contributed by atoms with Crippen molar-refractivity contribution in [2.45, 2.75) is 0 Å². The average Bonchev–Trinajstić information content (AvgIpc) is 2.65. The summed E-state index contributed by atoms with van der Waals surface area (Å²) < 4.78 is 0. The number of aromatic hydroxyl groups is 2. The SMILES string of the molecule is N#Cc1cc(-c2cc(N)n[nH]2)c(O)cc1O. The number of aromatic nitrogens is 2. The molecule has 0 radical (unpaired) electrons. The summed E-state index contributed by atoms with van der Waals surface area (Å²) in [5, 5.41) is 34.0. The Hall–Kier alpha value is -2.68. The van der Waals surface area contributed by atoms with Gasteiger partial charge in [0.15, 0.2) is 0 Å². The molecule has 0 bridgehead atoms. The molecule has 6 heteroatoms. The summed E-state index contributed by atoms with van der Waals surface area (Å²) in [7, 11) is 0. The first-order valence-electron chi connectivity index (χ1n) is 4.39. The minimum Gasteiger partial charge on any atom is -0.507 e. The molecule has 1 aromatic carbocycles. The van der Waals surface area contributed by atoms with E-state index in [2.05, 4.69) is 10.2 Å². The Labute approximate surface area is 90.6 Å². The van der Waals surface area contributed by atoms with Crippen LogP contribution < -0.4 is 5.73 Å². The monoisotopic (exact) mass is 216 g/mol. The van der Waals surface area contributed by atoms with E-state index in [1.165, 1.54) is 12.1 Å². The second-order valence-electron chi connectivity index (χ2n) is 3.20. The molecular formula is C10H8N4O2. The fourth-order valence-corrected chi connectivity index (χ4v) is 1.36. The highest BCUT2D eigenvalue weighted by Crippen LogP contribution is 2.33. The average molecular weight is 216 g/mol. The van der Waals surface area contributed by atoms with E-state index in [-0.39, 0.29) is 22.9 Å². The van der Waals surface area contributed by atoms with Crippen LogP contribution in [0.4, 0.5) is 5.82 Å². The van der Waals surface area contributed by atoms with Crippen molar-refractivity contribution in [3.8, 4) is 28.8 Å². The van der Waals surface area contributed by atoms with E-state index in [0.29, 0.717) is 11.3 Å². The largest absolute Gasteiger partial charge is 0.507 e. The predicted octanol–water partition coefficient (Wildman–Crippen LogP) is 0.942. The van der Waals surface area contributed by atoms with Crippen LogP contribution in [0.3, 0.4) is 0 Å². The predicted molar refractivity (Wildman–Crippen MR) is 56.5 cm³/mol. The molecule has 0 spiro atoms. The molecule has 0 unspecified atom stereocenters. The van der Waals surface area contributed by atoms with E-state index in [0.717, 1.165) is 6.07 Å². The number of nitrogens with two attached hydrogens (primary N) is 1. The van der Waals surface area contributed by atoms with Crippen LogP contribution in [0.5, 0.6) is 11.5 Å². The fraction of sp³-hybridized carbons (Fsp3) is 0. The number of benzene rings is 1. The topological polar surface area (TPSA) is 119 Å². The minimum atomic E-state index is -0.267. The van der Waals surface area contributed by atoms with Gasteiger partial charge in [-0.15, -0.1) is 0 Å². The van der Waals surface area contributed by atoms with Gasteiger partial charge in [-0.2, -0.15) is 10.4 Å². The van der Waals surface area contributed by atoms with Gasteiger partial charge >= 0.3 is 0 Å². The van der Waals surface area contributed by atoms with Crippen molar-refractivity contribution < 1.29 is 10.2 Å². The maximum absolute atomic E-state index is 9.62. The van der Waals surface area contributed by atoms with Gasteiger partial charge in [-0.05, 0) is 6.07 Å². The van der Waals surface area contributed by atoms with Crippen LogP contribution >= 0.6 is 0 Å². The van der Waals surface area contributed by atoms with Crippen LogP contribution in [0.1, 0.15) is 5.56 Å². The number of nitrogen functional groups attached to an aromatic ring is 1. The number of H-pyrrole nitrogens is 1. The van der Waals surface area contributed by atoms with Crippen LogP contribution in [0.15, 0.2) is 18.2 Å². The Kier molecular flexibility index (Phi) is 2.14. The summed E-state index contributed by atoms with van der Waals surface area (Å²) in [6.45, 7) is 0. The van der Waals surface area contributed by atoms with E-state index < -0.39 is 0 Å². The lowest BCUT2D eigenvalue weighted by Crippen LogP contribution is -1.83. The first-order chi connectivity index (χ1) is 7.61. The lowest BCUT2D eigenvalue weighted by molar-refractivity contribution is 0.450. The van der Waals surface area contributed by atoms with E-state index in [1.54, 1.807) is 0 Å². The Morgan fingerprint density at radius 1 is 1.25 bits per heavy atom. The standard InChI is InChI=1S/C10H8N4O2/c11-4-5-1-6(9(16)3-8(5)15)7-2-10(12)14-13-7/h1-3,15-16H,(H3,12,13,14). The van der Waals surface area contributed by atoms with Gasteiger partial charge in [-0.3, -0.25) is 5.10 Å². The van der Waals surface area contributed by atoms with Crippen molar-refractivity contribution in [2.24, 2.45) is 0 Å². The Morgan fingerprint density at radius 2 is 2.00 bits per heavy atom. The number of hydrogen-bond acceptors (Lipinski definition) is 5. The van der Waals surface area contributed by atoms with Crippen LogP contribution in [0, 0.1) is 11.3 Å². The first kappa shape index (κ1) is 9.86. The third-order valence-corrected chi connectivity index (χ3v) is 2.12. The first-order valence-corrected chi connectivity index (χ1v) is 4.39. The molecule has 16 heavy (non-hydrogen) atoms. The second-order valence-corrected chi connectivity index (χ2v) is 3.20. The number of rotatable bonds is 1. The van der Waals surface area contributed by atoms with Gasteiger partial charge in [0.25, 0.3) is 0 Å². The minimum absolute atomic E-state index is 0.0703. The smallest absolute Gasteiger partial charge is 0.145 e. The van der Waals surface area contributed by atoms with Gasteiger partial charge in [-0.25, -0.2) is 0 Å². The zero-order valence-corrected chi connectivity index (χ0v) is 8.10. The molecule has 5 N–H and O–H groups in total. The summed E-state index contributed by atoms with van der Waals surface area (Å²) in [4.78, 5) is 0. The molecule has 0 aliphatic heterocycles. The molecule has 80 valence electrons. The van der Waals surface area contributed by atoms with Crippen LogP contribution in [0.2, 0.25) is 0 Å². The van der Waals surface area contributed by atoms with E-state index in [1.807, 2.05) is 6.07 Å². The number of phenolic OH excluding ortho intramolecular Hbond substituents is 2. The van der Waals surface area contributed by atoms with Crippen molar-refractivity contribution in [1.82, 2.24) is 10.2 Å². The van der Waals surface area contributed by atoms with Crippen LogP contribution in [-0.4, -0.2) is 20.4 Å². The van der Waals surface area contributed by atoms with Crippen molar-refractivity contribution >= 4 is 5.82 Å². The van der Waals surface area contributed by atoms with Crippen molar-refractivity contribution in [3.05, 3.63) is 23.8 Å². The number of phenols is 2. The Balaban J connectivity index is 2.62. The zero-order chi connectivity index (χ0) is 11.7. The maximum Gasteiger partial charge on any atom is 0.145 e. The van der Waals surface area contributed by atoms with Gasteiger partial charge < -0.3 is 15.9 Å². The van der Waals surface area contributed by atoms with Gasteiger partial charge in [0.2, 0.25) is 0 Å². The number of aromatic amines is 1. The highest BCUT2D eigenvalue weighted by molar-refractivity contribution is 5.72. The van der Waals surface area contributed by atoms with E-state index in [4.69, 9.17) is 11.0 Å².